The first-order valence-electron chi connectivity index (χ1n) is 3.53. The summed E-state index contributed by atoms with van der Waals surface area (Å²) in [5, 5.41) is 0. The topological polar surface area (TPSA) is 69.1 Å². The zero-order valence-corrected chi connectivity index (χ0v) is 8.41. The third-order valence-electron chi connectivity index (χ3n) is 0.980. The Hall–Kier alpha value is 0.240. The number of allylic oxidation sites excluding steroid dienone is 2. The Morgan fingerprint density at radius 2 is 2.09 bits per heavy atom. The van der Waals surface area contributed by atoms with E-state index in [9.17, 15) is 4.57 Å². The summed E-state index contributed by atoms with van der Waals surface area (Å²) in [6, 6.07) is 0. The highest BCUT2D eigenvalue weighted by Gasteiger charge is 2.06. The third kappa shape index (κ3) is 10.2. The van der Waals surface area contributed by atoms with E-state index >= 15 is 0 Å². The Morgan fingerprint density at radius 1 is 1.45 bits per heavy atom. The van der Waals surface area contributed by atoms with Crippen molar-refractivity contribution in [2.75, 3.05) is 5.75 Å². The lowest BCUT2D eigenvalue weighted by atomic mass is 10.4. The monoisotopic (exact) mass is 194 g/mol. The molecule has 0 amide bonds. The van der Waals surface area contributed by atoms with E-state index in [2.05, 4.69) is 13.0 Å². The van der Waals surface area contributed by atoms with Gasteiger partial charge in [-0.2, -0.15) is 0 Å². The summed E-state index contributed by atoms with van der Waals surface area (Å²) < 4.78 is 10.7. The van der Waals surface area contributed by atoms with Crippen LogP contribution in [0.25, 0.3) is 0 Å². The smallest absolute Gasteiger partial charge is 0.261 e. The minimum atomic E-state index is -2.83. The summed E-state index contributed by atoms with van der Waals surface area (Å²) in [7, 11) is 0. The Morgan fingerprint density at radius 3 is 2.55 bits per heavy atom. The zero-order valence-electron chi connectivity index (χ0n) is 6.69. The molecular formula is C6H15N2OPS. The molecule has 0 saturated heterocycles. The van der Waals surface area contributed by atoms with E-state index in [4.69, 9.17) is 11.0 Å². The van der Waals surface area contributed by atoms with Gasteiger partial charge < -0.3 is 0 Å². The second-order valence-electron chi connectivity index (χ2n) is 2.15. The van der Waals surface area contributed by atoms with Crippen LogP contribution in [0.4, 0.5) is 0 Å². The van der Waals surface area contributed by atoms with Crippen molar-refractivity contribution >= 4 is 18.0 Å². The molecule has 0 aliphatic heterocycles. The zero-order chi connectivity index (χ0) is 8.74. The van der Waals surface area contributed by atoms with E-state index < -0.39 is 6.65 Å². The van der Waals surface area contributed by atoms with Gasteiger partial charge in [0.15, 0.2) is 0 Å². The minimum absolute atomic E-state index is 0.737. The summed E-state index contributed by atoms with van der Waals surface area (Å²) in [6.45, 7) is -0.762. The van der Waals surface area contributed by atoms with Crippen molar-refractivity contribution in [2.45, 2.75) is 19.8 Å². The first-order valence-corrected chi connectivity index (χ1v) is 6.96. The van der Waals surface area contributed by atoms with Crippen LogP contribution in [0.15, 0.2) is 12.2 Å². The number of nitrogens with two attached hydrogens (primary N) is 2. The van der Waals surface area contributed by atoms with Crippen molar-refractivity contribution in [1.29, 1.82) is 0 Å². The number of hydrogen-bond acceptors (Lipinski definition) is 2. The SMILES string of the molecule is CCC=CCCSP(N)(N)=O. The molecule has 0 aliphatic carbocycles. The molecule has 0 rings (SSSR count). The Bertz CT molecular complexity index is 166. The van der Waals surface area contributed by atoms with E-state index in [0.29, 0.717) is 0 Å². The lowest BCUT2D eigenvalue weighted by Gasteiger charge is -2.02. The average Bonchev–Trinajstić information content (AvgIpc) is 1.85. The van der Waals surface area contributed by atoms with Gasteiger partial charge in [-0.25, -0.2) is 0 Å². The second kappa shape index (κ2) is 5.84. The van der Waals surface area contributed by atoms with Crippen molar-refractivity contribution in [2.24, 2.45) is 11.0 Å². The highest BCUT2D eigenvalue weighted by Crippen LogP contribution is 2.42. The van der Waals surface area contributed by atoms with E-state index in [1.807, 2.05) is 6.08 Å². The van der Waals surface area contributed by atoms with Crippen molar-refractivity contribution in [1.82, 2.24) is 0 Å². The van der Waals surface area contributed by atoms with Gasteiger partial charge >= 0.3 is 0 Å². The van der Waals surface area contributed by atoms with Gasteiger partial charge in [0.05, 0.1) is 0 Å². The Labute approximate surface area is 71.8 Å². The quantitative estimate of drug-likeness (QED) is 0.399. The van der Waals surface area contributed by atoms with E-state index in [1.165, 1.54) is 0 Å². The van der Waals surface area contributed by atoms with Crippen LogP contribution >= 0.6 is 18.0 Å². The van der Waals surface area contributed by atoms with Crippen LogP contribution in [0.3, 0.4) is 0 Å². The van der Waals surface area contributed by atoms with Gasteiger partial charge in [0.2, 0.25) is 0 Å². The van der Waals surface area contributed by atoms with Crippen LogP contribution in [0.1, 0.15) is 19.8 Å². The maximum absolute atomic E-state index is 10.7. The summed E-state index contributed by atoms with van der Waals surface area (Å²) in [4.78, 5) is 0. The maximum Gasteiger partial charge on any atom is 0.261 e. The van der Waals surface area contributed by atoms with Gasteiger partial charge in [0.25, 0.3) is 6.65 Å². The molecule has 0 aromatic heterocycles. The molecule has 4 N–H and O–H groups in total. The van der Waals surface area contributed by atoms with Gasteiger partial charge in [-0.05, 0) is 12.8 Å². The fraction of sp³-hybridized carbons (Fsp3) is 0.667. The Balaban J connectivity index is 3.29. The summed E-state index contributed by atoms with van der Waals surface area (Å²) in [6.07, 6.45) is 6.03. The maximum atomic E-state index is 10.7. The Kier molecular flexibility index (Phi) is 5.96. The summed E-state index contributed by atoms with van der Waals surface area (Å²) in [5.74, 6) is 0.737. The molecule has 0 aromatic carbocycles. The van der Waals surface area contributed by atoms with Gasteiger partial charge in [-0.15, -0.1) is 0 Å². The summed E-state index contributed by atoms with van der Waals surface area (Å²) in [5.41, 5.74) is 10.2. The highest BCUT2D eigenvalue weighted by molar-refractivity contribution is 8.56. The number of hydrogen-bond donors (Lipinski definition) is 2. The molecule has 0 heterocycles. The lowest BCUT2D eigenvalue weighted by molar-refractivity contribution is 0.587. The van der Waals surface area contributed by atoms with Crippen molar-refractivity contribution in [3.05, 3.63) is 12.2 Å². The van der Waals surface area contributed by atoms with Crippen molar-refractivity contribution < 1.29 is 4.57 Å². The molecule has 0 aliphatic rings. The van der Waals surface area contributed by atoms with Crippen molar-refractivity contribution in [3.63, 3.8) is 0 Å². The van der Waals surface area contributed by atoms with Gasteiger partial charge in [-0.3, -0.25) is 15.6 Å². The molecule has 0 aromatic rings. The van der Waals surface area contributed by atoms with Crippen LogP contribution in [0.5, 0.6) is 0 Å². The van der Waals surface area contributed by atoms with Crippen LogP contribution in [0, 0.1) is 0 Å². The first kappa shape index (κ1) is 11.2. The van der Waals surface area contributed by atoms with Crippen LogP contribution in [-0.2, 0) is 4.57 Å². The molecule has 3 nitrogen and oxygen atoms in total. The normalized spacial score (nSPS) is 12.6. The molecule has 0 fully saturated rings. The standard InChI is InChI=1S/C6H15N2OPS/c1-2-3-4-5-6-11-10(7,8)9/h3-4H,2,5-6H2,1H3,(H4,7,8,9). The first-order chi connectivity index (χ1) is 5.06. The molecule has 0 atom stereocenters. The highest BCUT2D eigenvalue weighted by atomic mass is 32.7. The van der Waals surface area contributed by atoms with Crippen LogP contribution in [0.2, 0.25) is 0 Å². The molecule has 66 valence electrons. The molecular weight excluding hydrogens is 179 g/mol. The van der Waals surface area contributed by atoms with Gasteiger partial charge in [0, 0.05) is 5.75 Å². The third-order valence-corrected chi connectivity index (χ3v) is 3.56. The van der Waals surface area contributed by atoms with Crippen molar-refractivity contribution in [3.8, 4) is 0 Å². The lowest BCUT2D eigenvalue weighted by Crippen LogP contribution is -2.00. The van der Waals surface area contributed by atoms with Crippen LogP contribution in [-0.4, -0.2) is 5.75 Å². The van der Waals surface area contributed by atoms with E-state index in [0.717, 1.165) is 30.0 Å². The predicted octanol–water partition coefficient (Wildman–Crippen LogP) is 2.10. The molecule has 5 heteroatoms. The molecule has 0 saturated carbocycles. The number of rotatable bonds is 5. The average molecular weight is 194 g/mol. The fourth-order valence-electron chi connectivity index (χ4n) is 0.548. The fourth-order valence-corrected chi connectivity index (χ4v) is 2.25. The largest absolute Gasteiger partial charge is 0.277 e. The van der Waals surface area contributed by atoms with Gasteiger partial charge in [0.1, 0.15) is 0 Å². The molecule has 0 radical (unpaired) electrons. The molecule has 0 bridgehead atoms. The van der Waals surface area contributed by atoms with E-state index in [1.54, 1.807) is 0 Å². The predicted molar refractivity (Wildman–Crippen MR) is 52.5 cm³/mol. The van der Waals surface area contributed by atoms with Gasteiger partial charge in [-0.1, -0.05) is 30.5 Å². The minimum Gasteiger partial charge on any atom is -0.277 e. The van der Waals surface area contributed by atoms with Crippen LogP contribution < -0.4 is 11.0 Å². The molecule has 0 spiro atoms. The molecule has 0 unspecified atom stereocenters. The second-order valence-corrected chi connectivity index (χ2v) is 6.59. The van der Waals surface area contributed by atoms with E-state index in [-0.39, 0.29) is 0 Å². The molecule has 11 heavy (non-hydrogen) atoms. The summed E-state index contributed by atoms with van der Waals surface area (Å²) >= 11 is 1.14.